The van der Waals surface area contributed by atoms with Gasteiger partial charge in [-0.2, -0.15) is 0 Å². The van der Waals surface area contributed by atoms with Gasteiger partial charge in [0.05, 0.1) is 11.8 Å². The van der Waals surface area contributed by atoms with Crippen molar-refractivity contribution < 1.29 is 5.11 Å². The molecule has 1 aliphatic rings. The zero-order valence-corrected chi connectivity index (χ0v) is 11.6. The van der Waals surface area contributed by atoms with E-state index < -0.39 is 0 Å². The summed E-state index contributed by atoms with van der Waals surface area (Å²) in [7, 11) is 0. The predicted octanol–water partition coefficient (Wildman–Crippen LogP) is 2.13. The number of hydrogen-bond donors (Lipinski definition) is 1. The van der Waals surface area contributed by atoms with Gasteiger partial charge in [0, 0.05) is 24.6 Å². The van der Waals surface area contributed by atoms with Gasteiger partial charge < -0.3 is 10.0 Å². The summed E-state index contributed by atoms with van der Waals surface area (Å²) in [5, 5.41) is 9.73. The number of aromatic nitrogens is 2. The van der Waals surface area contributed by atoms with Crippen LogP contribution in [0, 0.1) is 0 Å². The Morgan fingerprint density at radius 3 is 2.89 bits per heavy atom. The molecule has 1 unspecified atom stereocenters. The van der Waals surface area contributed by atoms with Crippen LogP contribution < -0.4 is 4.90 Å². The van der Waals surface area contributed by atoms with Crippen LogP contribution in [-0.2, 0) is 5.41 Å². The molecule has 0 aromatic carbocycles. The molecule has 1 aromatic rings. The molecule has 1 atom stereocenters. The molecule has 0 bridgehead atoms. The monoisotopic (exact) mass is 249 g/mol. The van der Waals surface area contributed by atoms with Gasteiger partial charge in [0.2, 0.25) is 0 Å². The molecule has 1 N–H and O–H groups in total. The van der Waals surface area contributed by atoms with Gasteiger partial charge >= 0.3 is 0 Å². The molecule has 18 heavy (non-hydrogen) atoms. The van der Waals surface area contributed by atoms with E-state index in [9.17, 15) is 5.11 Å². The number of hydrogen-bond acceptors (Lipinski definition) is 4. The fourth-order valence-electron chi connectivity index (χ4n) is 2.23. The van der Waals surface area contributed by atoms with E-state index in [1.807, 2.05) is 0 Å². The van der Waals surface area contributed by atoms with Crippen molar-refractivity contribution in [1.29, 1.82) is 0 Å². The number of aliphatic hydroxyl groups is 1. The maximum Gasteiger partial charge on any atom is 0.132 e. The van der Waals surface area contributed by atoms with E-state index in [0.29, 0.717) is 6.54 Å². The van der Waals surface area contributed by atoms with E-state index in [0.717, 1.165) is 37.3 Å². The average molecular weight is 249 g/mol. The van der Waals surface area contributed by atoms with Gasteiger partial charge in [-0.1, -0.05) is 20.8 Å². The third-order valence-corrected chi connectivity index (χ3v) is 3.95. The summed E-state index contributed by atoms with van der Waals surface area (Å²) in [6.45, 7) is 8.23. The van der Waals surface area contributed by atoms with Crippen LogP contribution in [0.4, 0.5) is 5.82 Å². The first-order valence-corrected chi connectivity index (χ1v) is 6.78. The molecule has 4 heteroatoms. The summed E-state index contributed by atoms with van der Waals surface area (Å²) >= 11 is 0. The minimum atomic E-state index is -0.226. The second-order valence-corrected chi connectivity index (χ2v) is 5.74. The fourth-order valence-corrected chi connectivity index (χ4v) is 2.23. The third kappa shape index (κ3) is 2.80. The molecule has 2 heterocycles. The van der Waals surface area contributed by atoms with Crippen molar-refractivity contribution in [2.75, 3.05) is 18.0 Å². The van der Waals surface area contributed by atoms with E-state index in [4.69, 9.17) is 0 Å². The molecule has 1 aliphatic heterocycles. The highest BCUT2D eigenvalue weighted by Gasteiger charge is 2.23. The number of aliphatic hydroxyl groups excluding tert-OH is 1. The maximum absolute atomic E-state index is 9.73. The van der Waals surface area contributed by atoms with Crippen LogP contribution in [0.25, 0.3) is 0 Å². The van der Waals surface area contributed by atoms with Crippen LogP contribution in [0.15, 0.2) is 12.4 Å². The Morgan fingerprint density at radius 2 is 2.22 bits per heavy atom. The predicted molar refractivity (Wildman–Crippen MR) is 72.8 cm³/mol. The second kappa shape index (κ2) is 5.22. The number of anilines is 1. The highest BCUT2D eigenvalue weighted by atomic mass is 16.3. The molecular formula is C14H23N3O. The maximum atomic E-state index is 9.73. The van der Waals surface area contributed by atoms with Gasteiger partial charge in [0.25, 0.3) is 0 Å². The van der Waals surface area contributed by atoms with Crippen molar-refractivity contribution in [3.8, 4) is 0 Å². The van der Waals surface area contributed by atoms with E-state index >= 15 is 0 Å². The van der Waals surface area contributed by atoms with Gasteiger partial charge in [-0.05, 0) is 19.3 Å². The van der Waals surface area contributed by atoms with Crippen molar-refractivity contribution in [3.63, 3.8) is 0 Å². The SMILES string of the molecule is CCC(C)(C)c1cc(N2CCCC(O)C2)ncn1. The van der Waals surface area contributed by atoms with Crippen molar-refractivity contribution >= 4 is 5.82 Å². The lowest BCUT2D eigenvalue weighted by Gasteiger charge is -2.32. The molecule has 0 amide bonds. The second-order valence-electron chi connectivity index (χ2n) is 5.74. The van der Waals surface area contributed by atoms with Gasteiger partial charge in [-0.15, -0.1) is 0 Å². The Hall–Kier alpha value is -1.16. The molecule has 4 nitrogen and oxygen atoms in total. The molecule has 100 valence electrons. The summed E-state index contributed by atoms with van der Waals surface area (Å²) in [4.78, 5) is 10.9. The van der Waals surface area contributed by atoms with Crippen LogP contribution in [0.1, 0.15) is 45.7 Å². The lowest BCUT2D eigenvalue weighted by Crippen LogP contribution is -2.39. The minimum Gasteiger partial charge on any atom is -0.391 e. The van der Waals surface area contributed by atoms with E-state index in [-0.39, 0.29) is 11.5 Å². The molecule has 0 saturated carbocycles. The number of nitrogens with zero attached hydrogens (tertiary/aromatic N) is 3. The lowest BCUT2D eigenvalue weighted by molar-refractivity contribution is 0.154. The zero-order valence-electron chi connectivity index (χ0n) is 11.6. The number of β-amino-alcohol motifs (C(OH)–C–C–N with tert-alkyl or cyclic N) is 1. The van der Waals surface area contributed by atoms with Crippen molar-refractivity contribution in [3.05, 3.63) is 18.1 Å². The minimum absolute atomic E-state index is 0.0755. The van der Waals surface area contributed by atoms with Crippen molar-refractivity contribution in [1.82, 2.24) is 9.97 Å². The molecule has 1 aromatic heterocycles. The first-order chi connectivity index (χ1) is 8.53. The van der Waals surface area contributed by atoms with E-state index in [1.165, 1.54) is 0 Å². The molecule has 2 rings (SSSR count). The average Bonchev–Trinajstić information content (AvgIpc) is 2.39. The molecule has 0 aliphatic carbocycles. The molecule has 0 spiro atoms. The van der Waals surface area contributed by atoms with Crippen molar-refractivity contribution in [2.24, 2.45) is 0 Å². The third-order valence-electron chi connectivity index (χ3n) is 3.95. The standard InChI is InChI=1S/C14H23N3O/c1-4-14(2,3)12-8-13(16-10-15-12)17-7-5-6-11(18)9-17/h8,10-11,18H,4-7,9H2,1-3H3. The van der Waals surface area contributed by atoms with Crippen molar-refractivity contribution in [2.45, 2.75) is 51.6 Å². The Kier molecular flexibility index (Phi) is 3.85. The number of piperidine rings is 1. The Morgan fingerprint density at radius 1 is 1.44 bits per heavy atom. The lowest BCUT2D eigenvalue weighted by atomic mass is 9.86. The summed E-state index contributed by atoms with van der Waals surface area (Å²) < 4.78 is 0. The van der Waals surface area contributed by atoms with E-state index in [1.54, 1.807) is 6.33 Å². The zero-order chi connectivity index (χ0) is 13.2. The molecule has 1 saturated heterocycles. The normalized spacial score (nSPS) is 21.1. The first kappa shape index (κ1) is 13.3. The smallest absolute Gasteiger partial charge is 0.132 e. The first-order valence-electron chi connectivity index (χ1n) is 6.78. The van der Waals surface area contributed by atoms with Crippen LogP contribution in [0.3, 0.4) is 0 Å². The fraction of sp³-hybridized carbons (Fsp3) is 0.714. The molecule has 1 fully saturated rings. The summed E-state index contributed by atoms with van der Waals surface area (Å²) in [6.07, 6.45) is 4.39. The van der Waals surface area contributed by atoms with Gasteiger partial charge in [0.15, 0.2) is 0 Å². The number of rotatable bonds is 3. The highest BCUT2D eigenvalue weighted by Crippen LogP contribution is 2.27. The van der Waals surface area contributed by atoms with Crippen LogP contribution in [0.2, 0.25) is 0 Å². The Labute approximate surface area is 109 Å². The van der Waals surface area contributed by atoms with Crippen LogP contribution in [-0.4, -0.2) is 34.3 Å². The van der Waals surface area contributed by atoms with Crippen LogP contribution >= 0.6 is 0 Å². The van der Waals surface area contributed by atoms with Crippen LogP contribution in [0.5, 0.6) is 0 Å². The molecule has 0 radical (unpaired) electrons. The van der Waals surface area contributed by atoms with Gasteiger partial charge in [0.1, 0.15) is 12.1 Å². The summed E-state index contributed by atoms with van der Waals surface area (Å²) in [5.74, 6) is 0.945. The summed E-state index contributed by atoms with van der Waals surface area (Å²) in [5.41, 5.74) is 1.15. The Bertz CT molecular complexity index is 406. The quantitative estimate of drug-likeness (QED) is 0.891. The van der Waals surface area contributed by atoms with E-state index in [2.05, 4.69) is 41.7 Å². The summed E-state index contributed by atoms with van der Waals surface area (Å²) in [6, 6.07) is 2.07. The van der Waals surface area contributed by atoms with Gasteiger partial charge in [-0.3, -0.25) is 0 Å². The highest BCUT2D eigenvalue weighted by molar-refractivity contribution is 5.41. The topological polar surface area (TPSA) is 49.2 Å². The molecular weight excluding hydrogens is 226 g/mol. The Balaban J connectivity index is 2.21. The van der Waals surface area contributed by atoms with Gasteiger partial charge in [-0.25, -0.2) is 9.97 Å². The largest absolute Gasteiger partial charge is 0.391 e.